The summed E-state index contributed by atoms with van der Waals surface area (Å²) in [5, 5.41) is 14.4. The zero-order valence-corrected chi connectivity index (χ0v) is 10.8. The Hall–Kier alpha value is -1.19. The van der Waals surface area contributed by atoms with E-state index in [-0.39, 0.29) is 0 Å². The van der Waals surface area contributed by atoms with Crippen LogP contribution in [-0.2, 0) is 6.42 Å². The van der Waals surface area contributed by atoms with Crippen LogP contribution in [0.4, 0.5) is 0 Å². The first-order valence-electron chi connectivity index (χ1n) is 6.48. The van der Waals surface area contributed by atoms with Crippen molar-refractivity contribution in [2.45, 2.75) is 46.5 Å². The van der Waals surface area contributed by atoms with Gasteiger partial charge in [0.05, 0.1) is 0 Å². The van der Waals surface area contributed by atoms with Crippen LogP contribution in [0, 0.1) is 16.7 Å². The van der Waals surface area contributed by atoms with Gasteiger partial charge in [0.25, 0.3) is 0 Å². The molecule has 4 heteroatoms. The third-order valence-electron chi connectivity index (χ3n) is 4.75. The molecule has 0 spiro atoms. The molecule has 1 aromatic rings. The Labute approximate surface area is 102 Å². The zero-order chi connectivity index (χ0) is 12.1. The molecule has 1 fully saturated rings. The summed E-state index contributed by atoms with van der Waals surface area (Å²) in [7, 11) is 0. The van der Waals surface area contributed by atoms with E-state index in [0.717, 1.165) is 12.2 Å². The molecule has 0 bridgehead atoms. The molecule has 4 nitrogen and oxygen atoms in total. The number of rotatable bonds is 3. The van der Waals surface area contributed by atoms with Gasteiger partial charge in [-0.25, -0.2) is 0 Å². The number of tetrazole rings is 1. The zero-order valence-electron chi connectivity index (χ0n) is 10.8. The van der Waals surface area contributed by atoms with Gasteiger partial charge in [0.15, 0.2) is 5.82 Å². The Balaban J connectivity index is 1.80. The fourth-order valence-electron chi connectivity index (χ4n) is 4.27. The number of allylic oxidation sites excluding steroid dienone is 2. The van der Waals surface area contributed by atoms with Crippen molar-refractivity contribution in [1.29, 1.82) is 0 Å². The van der Waals surface area contributed by atoms with Crippen LogP contribution in [0.1, 0.15) is 45.9 Å². The van der Waals surface area contributed by atoms with Crippen molar-refractivity contribution in [3.05, 3.63) is 17.5 Å². The molecule has 1 aromatic heterocycles. The SMILES string of the molecule is CCC1=C[C@H]2[C@@](C)(Cc3nn[nH]n3)C[C@@]2(C)C1. The highest BCUT2D eigenvalue weighted by Gasteiger charge is 2.59. The molecule has 0 amide bonds. The van der Waals surface area contributed by atoms with Gasteiger partial charge < -0.3 is 0 Å². The lowest BCUT2D eigenvalue weighted by atomic mass is 9.47. The van der Waals surface area contributed by atoms with E-state index in [1.54, 1.807) is 5.57 Å². The minimum atomic E-state index is 0.329. The molecule has 1 N–H and O–H groups in total. The first-order chi connectivity index (χ1) is 8.06. The van der Waals surface area contributed by atoms with E-state index >= 15 is 0 Å². The van der Waals surface area contributed by atoms with Crippen LogP contribution >= 0.6 is 0 Å². The van der Waals surface area contributed by atoms with E-state index in [1.807, 2.05) is 0 Å². The molecule has 3 atom stereocenters. The van der Waals surface area contributed by atoms with Crippen LogP contribution in [-0.4, -0.2) is 20.6 Å². The normalized spacial score (nSPS) is 39.7. The minimum absolute atomic E-state index is 0.329. The van der Waals surface area contributed by atoms with Gasteiger partial charge in [-0.3, -0.25) is 0 Å². The van der Waals surface area contributed by atoms with Crippen LogP contribution in [0.25, 0.3) is 0 Å². The van der Waals surface area contributed by atoms with Crippen molar-refractivity contribution in [3.63, 3.8) is 0 Å². The topological polar surface area (TPSA) is 54.5 Å². The average Bonchev–Trinajstić information content (AvgIpc) is 2.84. The highest BCUT2D eigenvalue weighted by Crippen LogP contribution is 2.66. The highest BCUT2D eigenvalue weighted by atomic mass is 15.5. The van der Waals surface area contributed by atoms with Gasteiger partial charge in [0.2, 0.25) is 0 Å². The van der Waals surface area contributed by atoms with Crippen LogP contribution < -0.4 is 0 Å². The molecule has 0 saturated heterocycles. The number of hydrogen-bond acceptors (Lipinski definition) is 3. The standard InChI is InChI=1S/C13H20N4/c1-4-9-5-10-12(2,6-9)8-13(10,3)7-11-14-16-17-15-11/h5,10H,4,6-8H2,1-3H3,(H,14,15,16,17)/t10-,12-,13+/m1/s1. The molecular formula is C13H20N4. The maximum Gasteiger partial charge on any atom is 0.175 e. The molecule has 0 unspecified atom stereocenters. The Kier molecular flexibility index (Phi) is 2.19. The first-order valence-corrected chi connectivity index (χ1v) is 6.48. The van der Waals surface area contributed by atoms with Crippen molar-refractivity contribution >= 4 is 0 Å². The molecule has 2 aliphatic rings. The van der Waals surface area contributed by atoms with E-state index in [9.17, 15) is 0 Å². The fraction of sp³-hybridized carbons (Fsp3) is 0.769. The van der Waals surface area contributed by atoms with E-state index < -0.39 is 0 Å². The summed E-state index contributed by atoms with van der Waals surface area (Å²) < 4.78 is 0. The highest BCUT2D eigenvalue weighted by molar-refractivity contribution is 5.27. The number of aromatic amines is 1. The second kappa shape index (κ2) is 3.40. The van der Waals surface area contributed by atoms with Crippen LogP contribution in [0.15, 0.2) is 11.6 Å². The number of nitrogens with one attached hydrogen (secondary N) is 1. The molecule has 0 radical (unpaired) electrons. The molecular weight excluding hydrogens is 212 g/mol. The van der Waals surface area contributed by atoms with Crippen LogP contribution in [0.3, 0.4) is 0 Å². The second-order valence-electron chi connectivity index (χ2n) is 6.32. The Morgan fingerprint density at radius 1 is 1.47 bits per heavy atom. The van der Waals surface area contributed by atoms with Gasteiger partial charge in [-0.2, -0.15) is 5.21 Å². The first kappa shape index (κ1) is 10.9. The van der Waals surface area contributed by atoms with E-state index in [1.165, 1.54) is 19.3 Å². The molecule has 1 heterocycles. The molecule has 0 aromatic carbocycles. The predicted octanol–water partition coefficient (Wildman–Crippen LogP) is 2.51. The monoisotopic (exact) mass is 232 g/mol. The van der Waals surface area contributed by atoms with E-state index in [4.69, 9.17) is 0 Å². The average molecular weight is 232 g/mol. The van der Waals surface area contributed by atoms with Crippen molar-refractivity contribution in [1.82, 2.24) is 20.6 Å². The van der Waals surface area contributed by atoms with E-state index in [0.29, 0.717) is 16.7 Å². The summed E-state index contributed by atoms with van der Waals surface area (Å²) in [5.74, 6) is 1.55. The van der Waals surface area contributed by atoms with Gasteiger partial charge >= 0.3 is 0 Å². The second-order valence-corrected chi connectivity index (χ2v) is 6.32. The summed E-state index contributed by atoms with van der Waals surface area (Å²) in [5.41, 5.74) is 2.47. The molecule has 92 valence electrons. The number of aromatic nitrogens is 4. The molecule has 3 rings (SSSR count). The molecule has 17 heavy (non-hydrogen) atoms. The van der Waals surface area contributed by atoms with Crippen molar-refractivity contribution in [3.8, 4) is 0 Å². The Morgan fingerprint density at radius 3 is 2.94 bits per heavy atom. The number of nitrogens with zero attached hydrogens (tertiary/aromatic N) is 3. The maximum atomic E-state index is 4.09. The van der Waals surface area contributed by atoms with Gasteiger partial charge in [-0.15, -0.1) is 10.2 Å². The summed E-state index contributed by atoms with van der Waals surface area (Å²) in [6, 6.07) is 0. The summed E-state index contributed by atoms with van der Waals surface area (Å²) in [6.07, 6.45) is 7.22. The summed E-state index contributed by atoms with van der Waals surface area (Å²) in [4.78, 5) is 0. The third-order valence-corrected chi connectivity index (χ3v) is 4.75. The quantitative estimate of drug-likeness (QED) is 0.815. The Bertz CT molecular complexity index is 450. The van der Waals surface area contributed by atoms with Gasteiger partial charge in [-0.1, -0.05) is 37.6 Å². The summed E-state index contributed by atoms with van der Waals surface area (Å²) >= 11 is 0. The van der Waals surface area contributed by atoms with Crippen LogP contribution in [0.5, 0.6) is 0 Å². The van der Waals surface area contributed by atoms with Gasteiger partial charge in [0, 0.05) is 6.42 Å². The molecule has 2 aliphatic carbocycles. The maximum absolute atomic E-state index is 4.09. The third kappa shape index (κ3) is 1.53. The van der Waals surface area contributed by atoms with Crippen LogP contribution in [0.2, 0.25) is 0 Å². The largest absolute Gasteiger partial charge is 0.177 e. The number of hydrogen-bond donors (Lipinski definition) is 1. The van der Waals surface area contributed by atoms with Crippen molar-refractivity contribution < 1.29 is 0 Å². The minimum Gasteiger partial charge on any atom is -0.177 e. The van der Waals surface area contributed by atoms with Crippen molar-refractivity contribution in [2.24, 2.45) is 16.7 Å². The van der Waals surface area contributed by atoms with Crippen molar-refractivity contribution in [2.75, 3.05) is 0 Å². The number of H-pyrrole nitrogens is 1. The molecule has 1 saturated carbocycles. The predicted molar refractivity (Wildman–Crippen MR) is 65.2 cm³/mol. The molecule has 0 aliphatic heterocycles. The lowest BCUT2D eigenvalue weighted by molar-refractivity contribution is -0.0639. The van der Waals surface area contributed by atoms with Gasteiger partial charge in [0.1, 0.15) is 0 Å². The van der Waals surface area contributed by atoms with E-state index in [2.05, 4.69) is 47.5 Å². The summed E-state index contributed by atoms with van der Waals surface area (Å²) in [6.45, 7) is 7.05. The lowest BCUT2D eigenvalue weighted by Crippen LogP contribution is -2.51. The van der Waals surface area contributed by atoms with Gasteiger partial charge in [-0.05, 0) is 36.0 Å². The fourth-order valence-corrected chi connectivity index (χ4v) is 4.27. The number of fused-ring (bicyclic) bond motifs is 1. The Morgan fingerprint density at radius 2 is 2.29 bits per heavy atom. The lowest BCUT2D eigenvalue weighted by Gasteiger charge is -2.57. The smallest absolute Gasteiger partial charge is 0.175 e.